The van der Waals surface area contributed by atoms with Gasteiger partial charge in [0.15, 0.2) is 0 Å². The van der Waals surface area contributed by atoms with Crippen LogP contribution >= 0.6 is 0 Å². The van der Waals surface area contributed by atoms with Crippen molar-refractivity contribution in [2.24, 2.45) is 7.05 Å². The van der Waals surface area contributed by atoms with Crippen molar-refractivity contribution in [2.45, 2.75) is 52.0 Å². The first kappa shape index (κ1) is 19.2. The Morgan fingerprint density at radius 3 is 2.24 bits per heavy atom. The summed E-state index contributed by atoms with van der Waals surface area (Å²) in [4.78, 5) is 0. The van der Waals surface area contributed by atoms with E-state index in [9.17, 15) is 0 Å². The second kappa shape index (κ2) is 13.9. The van der Waals surface area contributed by atoms with Gasteiger partial charge in [-0.2, -0.15) is 0 Å². The van der Waals surface area contributed by atoms with E-state index in [4.69, 9.17) is 3.83 Å². The molecule has 0 radical (unpaired) electrons. The molecule has 0 unspecified atom stereocenters. The average Bonchev–Trinajstić information content (AvgIpc) is 2.72. The number of rotatable bonds is 7. The van der Waals surface area contributed by atoms with Crippen LogP contribution in [-0.2, 0) is 33.4 Å². The SMILES string of the molecule is CCCCCCCCn1cc[n+](C)c1.[Cl-].[O]=[Fe]. The van der Waals surface area contributed by atoms with Crippen LogP contribution in [0.5, 0.6) is 0 Å². The number of aromatic nitrogens is 2. The Morgan fingerprint density at radius 1 is 1.12 bits per heavy atom. The van der Waals surface area contributed by atoms with Crippen LogP contribution in [0, 0.1) is 0 Å². The predicted molar refractivity (Wildman–Crippen MR) is 59.7 cm³/mol. The first-order valence-corrected chi connectivity index (χ1v) is 6.43. The van der Waals surface area contributed by atoms with Gasteiger partial charge < -0.3 is 12.4 Å². The quantitative estimate of drug-likeness (QED) is 0.381. The standard InChI is InChI=1S/C12H23N2.ClH.Fe.O/c1-3-4-5-6-7-8-9-14-11-10-13(2)12-14;;;/h10-12H,3-9H2,1-2H3;1H;;/q+1;;;/p-1. The molecule has 0 spiro atoms. The molecule has 0 N–H and O–H groups in total. The molecule has 0 atom stereocenters. The topological polar surface area (TPSA) is 25.9 Å². The van der Waals surface area contributed by atoms with Gasteiger partial charge in [0.25, 0.3) is 0 Å². The molecular weight excluding hydrogens is 279 g/mol. The van der Waals surface area contributed by atoms with Gasteiger partial charge in [-0.05, 0) is 12.8 Å². The zero-order valence-electron chi connectivity index (χ0n) is 10.7. The second-order valence-electron chi connectivity index (χ2n) is 4.08. The molecule has 1 heterocycles. The first-order valence-electron chi connectivity index (χ1n) is 5.98. The molecular formula is C12H23ClFeN2O. The van der Waals surface area contributed by atoms with E-state index < -0.39 is 0 Å². The van der Waals surface area contributed by atoms with Gasteiger partial charge in [0, 0.05) is 0 Å². The van der Waals surface area contributed by atoms with Gasteiger partial charge in [-0.3, -0.25) is 0 Å². The summed E-state index contributed by atoms with van der Waals surface area (Å²) in [6, 6.07) is 0. The van der Waals surface area contributed by atoms with E-state index in [2.05, 4.69) is 41.8 Å². The van der Waals surface area contributed by atoms with Crippen LogP contribution in [-0.4, -0.2) is 4.57 Å². The van der Waals surface area contributed by atoms with E-state index in [-0.39, 0.29) is 12.4 Å². The van der Waals surface area contributed by atoms with Gasteiger partial charge in [-0.25, -0.2) is 9.13 Å². The van der Waals surface area contributed by atoms with Crippen LogP contribution in [0.1, 0.15) is 45.4 Å². The number of imidazole rings is 1. The number of hydrogen-bond acceptors (Lipinski definition) is 1. The van der Waals surface area contributed by atoms with Gasteiger partial charge in [-0.15, -0.1) is 0 Å². The fourth-order valence-electron chi connectivity index (χ4n) is 1.71. The summed E-state index contributed by atoms with van der Waals surface area (Å²) in [5.74, 6) is 0. The Balaban J connectivity index is 0. The summed E-state index contributed by atoms with van der Waals surface area (Å²) in [6.45, 7) is 3.44. The van der Waals surface area contributed by atoms with Gasteiger partial charge >= 0.3 is 19.8 Å². The molecule has 1 aromatic heterocycles. The van der Waals surface area contributed by atoms with E-state index in [1.54, 1.807) is 0 Å². The summed E-state index contributed by atoms with van der Waals surface area (Å²) < 4.78 is 12.4. The number of halogens is 1. The third kappa shape index (κ3) is 10.7. The number of hydrogen-bond donors (Lipinski definition) is 0. The maximum atomic E-state index is 8.00. The van der Waals surface area contributed by atoms with Crippen LogP contribution in [0.15, 0.2) is 18.7 Å². The van der Waals surface area contributed by atoms with Gasteiger partial charge in [0.1, 0.15) is 12.4 Å². The van der Waals surface area contributed by atoms with Crippen molar-refractivity contribution in [3.8, 4) is 0 Å². The van der Waals surface area contributed by atoms with Crippen molar-refractivity contribution >= 4 is 0 Å². The zero-order valence-corrected chi connectivity index (χ0v) is 12.6. The molecule has 5 heteroatoms. The van der Waals surface area contributed by atoms with Crippen molar-refractivity contribution < 1.29 is 36.8 Å². The number of unbranched alkanes of at least 4 members (excludes halogenated alkanes) is 5. The molecule has 0 aliphatic carbocycles. The third-order valence-corrected chi connectivity index (χ3v) is 2.59. The van der Waals surface area contributed by atoms with E-state index in [0.29, 0.717) is 0 Å². The summed E-state index contributed by atoms with van der Waals surface area (Å²) in [6.07, 6.45) is 14.6. The van der Waals surface area contributed by atoms with E-state index in [1.165, 1.54) is 45.1 Å². The third-order valence-electron chi connectivity index (χ3n) is 2.59. The van der Waals surface area contributed by atoms with Crippen LogP contribution in [0.25, 0.3) is 0 Å². The van der Waals surface area contributed by atoms with Crippen molar-refractivity contribution in [2.75, 3.05) is 0 Å². The summed E-state index contributed by atoms with van der Waals surface area (Å²) in [5.41, 5.74) is 0. The number of nitrogens with zero attached hydrogens (tertiary/aromatic N) is 2. The van der Waals surface area contributed by atoms with Crippen LogP contribution in [0.2, 0.25) is 0 Å². The normalized spacial score (nSPS) is 9.12. The summed E-state index contributed by atoms with van der Waals surface area (Å²) >= 11 is 2.00. The average molecular weight is 303 g/mol. The number of aryl methyl sites for hydroxylation is 2. The van der Waals surface area contributed by atoms with Gasteiger partial charge in [0.05, 0.1) is 13.6 Å². The van der Waals surface area contributed by atoms with Crippen LogP contribution in [0.4, 0.5) is 0 Å². The molecule has 3 nitrogen and oxygen atoms in total. The molecule has 0 amide bonds. The molecule has 0 aliphatic rings. The Hall–Kier alpha value is -0.181. The fraction of sp³-hybridized carbons (Fsp3) is 0.750. The molecule has 1 aromatic rings. The van der Waals surface area contributed by atoms with Crippen LogP contribution in [0.3, 0.4) is 0 Å². The molecule has 0 fully saturated rings. The molecule has 0 bridgehead atoms. The molecule has 102 valence electrons. The monoisotopic (exact) mass is 302 g/mol. The minimum absolute atomic E-state index is 0. The molecule has 0 aromatic carbocycles. The summed E-state index contributed by atoms with van der Waals surface area (Å²) in [7, 11) is 2.07. The molecule has 17 heavy (non-hydrogen) atoms. The Labute approximate surface area is 119 Å². The minimum atomic E-state index is 0. The fourth-order valence-corrected chi connectivity index (χ4v) is 1.71. The van der Waals surface area contributed by atoms with E-state index >= 15 is 0 Å². The van der Waals surface area contributed by atoms with Crippen molar-refractivity contribution in [3.05, 3.63) is 18.7 Å². The Kier molecular flexibility index (Phi) is 15.7. The molecule has 0 saturated heterocycles. The predicted octanol–water partition coefficient (Wildman–Crippen LogP) is -0.444. The van der Waals surface area contributed by atoms with Crippen LogP contribution < -0.4 is 17.0 Å². The van der Waals surface area contributed by atoms with Crippen molar-refractivity contribution in [3.63, 3.8) is 0 Å². The van der Waals surface area contributed by atoms with Crippen molar-refractivity contribution in [1.82, 2.24) is 4.57 Å². The van der Waals surface area contributed by atoms with Gasteiger partial charge in [-0.1, -0.05) is 32.6 Å². The summed E-state index contributed by atoms with van der Waals surface area (Å²) in [5, 5.41) is 0. The first-order chi connectivity index (χ1) is 7.83. The Bertz CT molecular complexity index is 269. The van der Waals surface area contributed by atoms with E-state index in [1.807, 2.05) is 15.9 Å². The zero-order chi connectivity index (χ0) is 12.2. The van der Waals surface area contributed by atoms with E-state index in [0.717, 1.165) is 0 Å². The second-order valence-corrected chi connectivity index (χ2v) is 4.08. The molecule has 0 saturated carbocycles. The van der Waals surface area contributed by atoms with Crippen molar-refractivity contribution in [1.29, 1.82) is 0 Å². The Morgan fingerprint density at radius 2 is 1.71 bits per heavy atom. The molecule has 0 aliphatic heterocycles. The molecule has 1 rings (SSSR count). The maximum absolute atomic E-state index is 8.00. The van der Waals surface area contributed by atoms with Gasteiger partial charge in [0.2, 0.25) is 6.33 Å².